The van der Waals surface area contributed by atoms with Crippen molar-refractivity contribution in [3.8, 4) is 0 Å². The number of rotatable bonds is 11. The molecular formula is C27H28BrCl2N3O4S. The molecule has 202 valence electrons. The molecule has 7 nitrogen and oxygen atoms in total. The van der Waals surface area contributed by atoms with Crippen molar-refractivity contribution in [2.24, 2.45) is 0 Å². The lowest BCUT2D eigenvalue weighted by atomic mass is 10.0. The van der Waals surface area contributed by atoms with Gasteiger partial charge in [-0.3, -0.25) is 13.9 Å². The van der Waals surface area contributed by atoms with Crippen LogP contribution in [0.5, 0.6) is 0 Å². The Bertz CT molecular complexity index is 1370. The number of hydrogen-bond acceptors (Lipinski definition) is 4. The first-order valence-corrected chi connectivity index (χ1v) is 15.2. The van der Waals surface area contributed by atoms with Gasteiger partial charge in [0.1, 0.15) is 12.6 Å². The van der Waals surface area contributed by atoms with E-state index in [0.29, 0.717) is 27.8 Å². The highest BCUT2D eigenvalue weighted by atomic mass is 79.9. The molecule has 0 aliphatic carbocycles. The van der Waals surface area contributed by atoms with Crippen molar-refractivity contribution in [1.82, 2.24) is 10.2 Å². The minimum Gasteiger partial charge on any atom is -0.355 e. The summed E-state index contributed by atoms with van der Waals surface area (Å²) < 4.78 is 27.3. The van der Waals surface area contributed by atoms with E-state index in [-0.39, 0.29) is 18.9 Å². The molecule has 3 aromatic rings. The Balaban J connectivity index is 2.05. The fourth-order valence-electron chi connectivity index (χ4n) is 3.90. The number of carbonyl (C=O) groups is 2. The van der Waals surface area contributed by atoms with Gasteiger partial charge in [-0.1, -0.05) is 75.5 Å². The van der Waals surface area contributed by atoms with Crippen molar-refractivity contribution in [1.29, 1.82) is 0 Å². The first kappa shape index (κ1) is 30.0. The fourth-order valence-corrected chi connectivity index (χ4v) is 5.34. The van der Waals surface area contributed by atoms with Gasteiger partial charge in [0.2, 0.25) is 21.8 Å². The molecular weight excluding hydrogens is 613 g/mol. The molecule has 38 heavy (non-hydrogen) atoms. The third-order valence-electron chi connectivity index (χ3n) is 5.75. The van der Waals surface area contributed by atoms with Crippen molar-refractivity contribution in [3.05, 3.63) is 98.4 Å². The Kier molecular flexibility index (Phi) is 10.6. The lowest BCUT2D eigenvalue weighted by molar-refractivity contribution is -0.140. The molecule has 11 heteroatoms. The predicted octanol–water partition coefficient (Wildman–Crippen LogP) is 5.30. The normalized spacial score (nSPS) is 12.0. The molecule has 3 rings (SSSR count). The van der Waals surface area contributed by atoms with Gasteiger partial charge in [0.05, 0.1) is 22.0 Å². The Labute approximate surface area is 241 Å². The maximum Gasteiger partial charge on any atom is 0.244 e. The van der Waals surface area contributed by atoms with Crippen molar-refractivity contribution in [2.45, 2.75) is 25.9 Å². The second kappa shape index (κ2) is 13.5. The highest BCUT2D eigenvalue weighted by molar-refractivity contribution is 9.10. The Morgan fingerprint density at radius 1 is 0.947 bits per heavy atom. The van der Waals surface area contributed by atoms with Crippen LogP contribution in [0.2, 0.25) is 10.0 Å². The molecule has 1 atom stereocenters. The van der Waals surface area contributed by atoms with Gasteiger partial charge in [-0.15, -0.1) is 0 Å². The number of halogens is 3. The Hall–Kier alpha value is -2.59. The number of anilines is 1. The summed E-state index contributed by atoms with van der Waals surface area (Å²) in [4.78, 5) is 28.6. The number of carbonyl (C=O) groups excluding carboxylic acids is 2. The predicted molar refractivity (Wildman–Crippen MR) is 156 cm³/mol. The van der Waals surface area contributed by atoms with E-state index in [1.807, 2.05) is 30.3 Å². The van der Waals surface area contributed by atoms with Crippen LogP contribution in [0.15, 0.2) is 77.3 Å². The van der Waals surface area contributed by atoms with Gasteiger partial charge in [0, 0.05) is 24.0 Å². The molecule has 0 heterocycles. The summed E-state index contributed by atoms with van der Waals surface area (Å²) in [7, 11) is -3.83. The maximum atomic E-state index is 13.9. The van der Waals surface area contributed by atoms with Crippen molar-refractivity contribution in [2.75, 3.05) is 23.7 Å². The monoisotopic (exact) mass is 639 g/mol. The summed E-state index contributed by atoms with van der Waals surface area (Å²) >= 11 is 15.7. The summed E-state index contributed by atoms with van der Waals surface area (Å²) in [6, 6.07) is 20.0. The van der Waals surface area contributed by atoms with E-state index in [9.17, 15) is 18.0 Å². The summed E-state index contributed by atoms with van der Waals surface area (Å²) in [5.41, 5.74) is 1.82. The number of sulfonamides is 1. The van der Waals surface area contributed by atoms with E-state index in [2.05, 4.69) is 21.2 Å². The highest BCUT2D eigenvalue weighted by Gasteiger charge is 2.33. The molecule has 3 aromatic carbocycles. The zero-order valence-electron chi connectivity index (χ0n) is 20.9. The lowest BCUT2D eigenvalue weighted by Gasteiger charge is -2.33. The molecule has 0 bridgehead atoms. The van der Waals surface area contributed by atoms with E-state index >= 15 is 0 Å². The number of likely N-dealkylation sites (N-methyl/N-ethyl adjacent to an activating group) is 1. The van der Waals surface area contributed by atoms with Gasteiger partial charge in [-0.2, -0.15) is 0 Å². The van der Waals surface area contributed by atoms with Crippen LogP contribution in [0, 0.1) is 0 Å². The Morgan fingerprint density at radius 3 is 2.18 bits per heavy atom. The van der Waals surface area contributed by atoms with E-state index in [1.54, 1.807) is 49.4 Å². The first-order chi connectivity index (χ1) is 18.0. The first-order valence-electron chi connectivity index (χ1n) is 11.8. The van der Waals surface area contributed by atoms with Crippen molar-refractivity contribution >= 4 is 66.7 Å². The van der Waals surface area contributed by atoms with Gasteiger partial charge in [-0.05, 0) is 54.4 Å². The van der Waals surface area contributed by atoms with Crippen LogP contribution in [-0.2, 0) is 32.6 Å². The maximum absolute atomic E-state index is 13.9. The molecule has 0 aliphatic heterocycles. The van der Waals surface area contributed by atoms with E-state index < -0.39 is 28.5 Å². The molecule has 0 radical (unpaired) electrons. The van der Waals surface area contributed by atoms with E-state index in [0.717, 1.165) is 20.6 Å². The zero-order chi connectivity index (χ0) is 27.9. The molecule has 0 spiro atoms. The fraction of sp³-hybridized carbons (Fsp3) is 0.259. The Morgan fingerprint density at radius 2 is 1.61 bits per heavy atom. The van der Waals surface area contributed by atoms with Crippen molar-refractivity contribution < 1.29 is 18.0 Å². The molecule has 2 amide bonds. The number of nitrogens with one attached hydrogen (secondary N) is 1. The second-order valence-electron chi connectivity index (χ2n) is 8.62. The van der Waals surface area contributed by atoms with Gasteiger partial charge in [0.15, 0.2) is 0 Å². The molecule has 1 unspecified atom stereocenters. The summed E-state index contributed by atoms with van der Waals surface area (Å²) in [6.07, 6.45) is 1.27. The zero-order valence-corrected chi connectivity index (χ0v) is 24.8. The topological polar surface area (TPSA) is 86.8 Å². The van der Waals surface area contributed by atoms with Crippen LogP contribution in [0.25, 0.3) is 0 Å². The van der Waals surface area contributed by atoms with Crippen LogP contribution < -0.4 is 9.62 Å². The molecule has 0 aliphatic rings. The van der Waals surface area contributed by atoms with Crippen LogP contribution in [-0.4, -0.2) is 50.5 Å². The number of benzene rings is 3. The van der Waals surface area contributed by atoms with Crippen LogP contribution in [0.3, 0.4) is 0 Å². The minimum absolute atomic E-state index is 0.0162. The second-order valence-corrected chi connectivity index (χ2v) is 12.3. The average Bonchev–Trinajstić information content (AvgIpc) is 2.87. The van der Waals surface area contributed by atoms with Crippen LogP contribution >= 0.6 is 39.1 Å². The van der Waals surface area contributed by atoms with Gasteiger partial charge < -0.3 is 10.2 Å². The highest BCUT2D eigenvalue weighted by Crippen LogP contribution is 2.25. The number of nitrogens with zero attached hydrogens (tertiary/aromatic N) is 2. The van der Waals surface area contributed by atoms with Gasteiger partial charge >= 0.3 is 0 Å². The molecule has 0 aromatic heterocycles. The smallest absolute Gasteiger partial charge is 0.244 e. The number of hydrogen-bond donors (Lipinski definition) is 1. The summed E-state index contributed by atoms with van der Waals surface area (Å²) in [6.45, 7) is 1.68. The third kappa shape index (κ3) is 8.20. The quantitative estimate of drug-likeness (QED) is 0.308. The molecule has 0 fully saturated rings. The van der Waals surface area contributed by atoms with Gasteiger partial charge in [0.25, 0.3) is 0 Å². The van der Waals surface area contributed by atoms with Crippen molar-refractivity contribution in [3.63, 3.8) is 0 Å². The third-order valence-corrected chi connectivity index (χ3v) is 8.16. The number of amides is 2. The summed E-state index contributed by atoms with van der Waals surface area (Å²) in [5.74, 6) is -0.893. The SMILES string of the molecule is CCNC(=O)C(Cc1ccccc1)N(Cc1ccc(Cl)c(Cl)c1)C(=O)CN(c1ccc(Br)cc1)S(C)(=O)=O. The van der Waals surface area contributed by atoms with E-state index in [1.165, 1.54) is 4.90 Å². The lowest BCUT2D eigenvalue weighted by Crippen LogP contribution is -2.53. The molecule has 1 N–H and O–H groups in total. The average molecular weight is 641 g/mol. The van der Waals surface area contributed by atoms with Gasteiger partial charge in [-0.25, -0.2) is 8.42 Å². The largest absolute Gasteiger partial charge is 0.355 e. The molecule has 0 saturated carbocycles. The van der Waals surface area contributed by atoms with Crippen LogP contribution in [0.1, 0.15) is 18.1 Å². The molecule has 0 saturated heterocycles. The van der Waals surface area contributed by atoms with E-state index in [4.69, 9.17) is 23.2 Å². The standard InChI is InChI=1S/C27H28BrCl2N3O4S/c1-3-31-27(35)25(16-19-7-5-4-6-8-19)32(17-20-9-14-23(29)24(30)15-20)26(34)18-33(38(2,36)37)22-12-10-21(28)11-13-22/h4-15,25H,3,16-18H2,1-2H3,(H,31,35). The minimum atomic E-state index is -3.83. The summed E-state index contributed by atoms with van der Waals surface area (Å²) in [5, 5.41) is 3.48. The van der Waals surface area contributed by atoms with Crippen LogP contribution in [0.4, 0.5) is 5.69 Å².